The van der Waals surface area contributed by atoms with Gasteiger partial charge in [-0.25, -0.2) is 8.42 Å². The van der Waals surface area contributed by atoms with Gasteiger partial charge in [0, 0.05) is 21.1 Å². The molecule has 1 heterocycles. The van der Waals surface area contributed by atoms with Gasteiger partial charge in [-0.05, 0) is 162 Å². The molecule has 0 saturated heterocycles. The van der Waals surface area contributed by atoms with Gasteiger partial charge in [0.2, 0.25) is 0 Å². The molecule has 62 heavy (non-hydrogen) atoms. The van der Waals surface area contributed by atoms with Crippen molar-refractivity contribution in [1.82, 2.24) is 0 Å². The summed E-state index contributed by atoms with van der Waals surface area (Å²) in [5, 5.41) is 3.23. The van der Waals surface area contributed by atoms with E-state index in [4.69, 9.17) is 6.58 Å². The van der Waals surface area contributed by atoms with Crippen molar-refractivity contribution in [3.8, 4) is 22.3 Å². The van der Waals surface area contributed by atoms with Gasteiger partial charge in [0.05, 0.1) is 10.9 Å². The van der Waals surface area contributed by atoms with E-state index in [1.165, 1.54) is 39.0 Å². The van der Waals surface area contributed by atoms with Crippen molar-refractivity contribution in [2.75, 3.05) is 5.32 Å². The van der Waals surface area contributed by atoms with Gasteiger partial charge in [-0.2, -0.15) is 0 Å². The van der Waals surface area contributed by atoms with E-state index in [-0.39, 0.29) is 0 Å². The minimum atomic E-state index is -3.98. The van der Waals surface area contributed by atoms with Crippen LogP contribution in [0.2, 0.25) is 0 Å². The van der Waals surface area contributed by atoms with E-state index in [1.54, 1.807) is 12.1 Å². The number of rotatable bonds is 9. The summed E-state index contributed by atoms with van der Waals surface area (Å²) >= 11 is 3.55. The molecule has 3 nitrogen and oxygen atoms in total. The number of halogens is 1. The lowest BCUT2D eigenvalue weighted by atomic mass is 9.71. The molecule has 3 aliphatic carbocycles. The smallest absolute Gasteiger partial charge is 0.187 e. The minimum Gasteiger partial charge on any atom is -0.376 e. The molecule has 4 aliphatic rings. The average Bonchev–Trinajstić information content (AvgIpc) is 3.54. The van der Waals surface area contributed by atoms with Crippen LogP contribution in [0.1, 0.15) is 89.5 Å². The lowest BCUT2D eigenvalue weighted by molar-refractivity contribution is 0.518. The molecular weight excluding hydrogens is 843 g/mol. The fourth-order valence-electron chi connectivity index (χ4n) is 10.5. The Balaban J connectivity index is 1.46. The van der Waals surface area contributed by atoms with E-state index in [1.807, 2.05) is 18.2 Å². The van der Waals surface area contributed by atoms with Crippen molar-refractivity contribution in [3.63, 3.8) is 0 Å². The monoisotopic (exact) mass is 899 g/mol. The fraction of sp³-hybridized carbons (Fsp3) is 0.263. The Morgan fingerprint density at radius 2 is 1.63 bits per heavy atom. The molecule has 2 atom stereocenters. The second kappa shape index (κ2) is 17.1. The lowest BCUT2D eigenvalue weighted by Gasteiger charge is -2.36. The van der Waals surface area contributed by atoms with Crippen LogP contribution < -0.4 is 5.32 Å². The minimum absolute atomic E-state index is 0.306. The third kappa shape index (κ3) is 7.35. The second-order valence-corrected chi connectivity index (χ2v) is 20.7. The van der Waals surface area contributed by atoms with E-state index in [0.717, 1.165) is 97.9 Å². The Bertz CT molecular complexity index is 2860. The molecule has 4 aromatic carbocycles. The summed E-state index contributed by atoms with van der Waals surface area (Å²) in [5.74, 6) is 0. The Labute approximate surface area is 378 Å². The summed E-state index contributed by atoms with van der Waals surface area (Å²) in [4.78, 5) is 0.306. The number of hydrogen-bond acceptors (Lipinski definition) is 3. The first-order valence-corrected chi connectivity index (χ1v) is 24.4. The van der Waals surface area contributed by atoms with E-state index in [9.17, 15) is 0 Å². The van der Waals surface area contributed by atoms with E-state index >= 15 is 8.42 Å². The summed E-state index contributed by atoms with van der Waals surface area (Å²) in [6, 6.07) is 26.3. The predicted octanol–water partition coefficient (Wildman–Crippen LogP) is 15.5. The van der Waals surface area contributed by atoms with Crippen molar-refractivity contribution in [2.45, 2.75) is 96.8 Å². The van der Waals surface area contributed by atoms with Crippen molar-refractivity contribution in [2.24, 2.45) is 5.41 Å². The molecular formula is C57H58BrNO2S. The molecule has 0 aromatic heterocycles. The quantitative estimate of drug-likeness (QED) is 0.182. The lowest BCUT2D eigenvalue weighted by Crippen LogP contribution is -2.43. The molecule has 0 amide bonds. The summed E-state index contributed by atoms with van der Waals surface area (Å²) < 4.78 is 32.1. The van der Waals surface area contributed by atoms with Crippen molar-refractivity contribution in [3.05, 3.63) is 200 Å². The number of fused-ring (bicyclic) bond motifs is 2. The summed E-state index contributed by atoms with van der Waals surface area (Å²) in [7, 11) is -3.98. The average molecular weight is 901 g/mol. The molecule has 0 saturated carbocycles. The van der Waals surface area contributed by atoms with Crippen LogP contribution in [-0.2, 0) is 16.3 Å². The van der Waals surface area contributed by atoms with Gasteiger partial charge in [-0.1, -0.05) is 158 Å². The highest BCUT2D eigenvalue weighted by Gasteiger charge is 2.48. The molecule has 0 bridgehead atoms. The normalized spacial score (nSPS) is 21.6. The molecule has 0 radical (unpaired) electrons. The first kappa shape index (κ1) is 43.4. The zero-order valence-corrected chi connectivity index (χ0v) is 39.7. The van der Waals surface area contributed by atoms with E-state index in [2.05, 4.69) is 167 Å². The Morgan fingerprint density at radius 1 is 0.903 bits per heavy atom. The van der Waals surface area contributed by atoms with Crippen LogP contribution in [0.25, 0.3) is 33.9 Å². The van der Waals surface area contributed by atoms with Crippen LogP contribution in [0.3, 0.4) is 0 Å². The predicted molar refractivity (Wildman–Crippen MR) is 268 cm³/mol. The van der Waals surface area contributed by atoms with Gasteiger partial charge in [-0.3, -0.25) is 0 Å². The maximum absolute atomic E-state index is 15.6. The first-order valence-electron chi connectivity index (χ1n) is 22.0. The summed E-state index contributed by atoms with van der Waals surface area (Å²) in [5.41, 5.74) is 19.7. The number of nitrogens with one attached hydrogen (secondary N) is 1. The zero-order chi connectivity index (χ0) is 44.1. The first-order chi connectivity index (χ1) is 29.7. The molecule has 316 valence electrons. The van der Waals surface area contributed by atoms with E-state index < -0.39 is 26.5 Å². The van der Waals surface area contributed by atoms with E-state index in [0.29, 0.717) is 4.90 Å². The van der Waals surface area contributed by atoms with Crippen molar-refractivity contribution in [1.29, 1.82) is 0 Å². The second-order valence-electron chi connectivity index (χ2n) is 17.8. The third-order valence-corrected chi connectivity index (χ3v) is 16.3. The molecule has 2 unspecified atom stereocenters. The van der Waals surface area contributed by atoms with Crippen LogP contribution in [0.15, 0.2) is 182 Å². The molecule has 1 aliphatic heterocycles. The van der Waals surface area contributed by atoms with Gasteiger partial charge >= 0.3 is 0 Å². The fourth-order valence-corrected chi connectivity index (χ4v) is 12.7. The topological polar surface area (TPSA) is 46.2 Å². The van der Waals surface area contributed by atoms with Gasteiger partial charge in [-0.15, -0.1) is 0 Å². The number of allylic oxidation sites excluding steroid dienone is 12. The number of hydrogen-bond donors (Lipinski definition) is 1. The van der Waals surface area contributed by atoms with Crippen LogP contribution in [0.4, 0.5) is 5.69 Å². The Hall–Kier alpha value is -5.23. The van der Waals surface area contributed by atoms with Gasteiger partial charge in [0.25, 0.3) is 0 Å². The molecule has 4 aromatic rings. The van der Waals surface area contributed by atoms with Crippen LogP contribution in [0.5, 0.6) is 0 Å². The summed E-state index contributed by atoms with van der Waals surface area (Å²) in [6.07, 6.45) is 19.3. The Morgan fingerprint density at radius 3 is 2.32 bits per heavy atom. The molecule has 0 fully saturated rings. The van der Waals surface area contributed by atoms with Gasteiger partial charge in [0.15, 0.2) is 9.84 Å². The zero-order valence-electron chi connectivity index (χ0n) is 37.3. The van der Waals surface area contributed by atoms with Crippen LogP contribution in [-0.4, -0.2) is 19.7 Å². The van der Waals surface area contributed by atoms with Gasteiger partial charge < -0.3 is 5.32 Å². The Kier molecular flexibility index (Phi) is 12.0. The molecule has 5 heteroatoms. The largest absolute Gasteiger partial charge is 0.376 e. The number of anilines is 1. The third-order valence-electron chi connectivity index (χ3n) is 13.7. The SMILES string of the molecule is C=CC1=C(/C=C\C)C(c2cccc(-c3cc(-c4ccccc4)c(CCC)c4c3/C=C\C(C)=C3\C(=C)C(C)(C)C5=C(C=CCC5)C(S(=O)(=O)c5ccc(Br)cc5)C3N4)c2C)=C(C)C1. The van der Waals surface area contributed by atoms with Crippen LogP contribution in [0, 0.1) is 12.3 Å². The standard InChI is InChI=1S/C57H58BrNO2S/c1-10-19-45-39(12-3)33-36(5)53(45)44-25-18-24-43(37(44)6)50-34-49(40-21-14-13-15-22-40)46(20-11-2)54-47(50)32-27-35(4)52-38(7)57(8,9)51-26-17-16-23-48(51)56(55(52)59-54)62(60,61)42-30-28-41(58)29-31-42/h10,12-16,18-19,21-25,27-32,34,55-56,59H,3,7,11,17,20,26,33H2,1-2,4-6,8-9H3/b19-10-,32-27-,52-35-. The number of benzene rings is 4. The highest BCUT2D eigenvalue weighted by atomic mass is 79.9. The summed E-state index contributed by atoms with van der Waals surface area (Å²) in [6.45, 7) is 24.4. The molecule has 0 spiro atoms. The molecule has 8 rings (SSSR count). The highest BCUT2D eigenvalue weighted by Crippen LogP contribution is 2.53. The molecule has 1 N–H and O–H groups in total. The van der Waals surface area contributed by atoms with Crippen LogP contribution >= 0.6 is 15.9 Å². The van der Waals surface area contributed by atoms with Crippen molar-refractivity contribution >= 4 is 43.1 Å². The maximum atomic E-state index is 15.6. The maximum Gasteiger partial charge on any atom is 0.187 e. The van der Waals surface area contributed by atoms with Gasteiger partial charge in [0.1, 0.15) is 5.25 Å². The highest BCUT2D eigenvalue weighted by molar-refractivity contribution is 9.10. The van der Waals surface area contributed by atoms with Crippen molar-refractivity contribution < 1.29 is 8.42 Å². The number of sulfone groups is 1.